The zero-order valence-corrected chi connectivity index (χ0v) is 15.2. The van der Waals surface area contributed by atoms with E-state index in [9.17, 15) is 19.2 Å². The normalized spacial score (nSPS) is 14.3. The highest BCUT2D eigenvalue weighted by Crippen LogP contribution is 2.25. The summed E-state index contributed by atoms with van der Waals surface area (Å²) in [4.78, 5) is 51.6. The van der Waals surface area contributed by atoms with Crippen molar-refractivity contribution in [1.82, 2.24) is 4.90 Å². The Morgan fingerprint density at radius 1 is 1.08 bits per heavy atom. The third-order valence-corrected chi connectivity index (χ3v) is 5.45. The fourth-order valence-corrected chi connectivity index (χ4v) is 3.58. The van der Waals surface area contributed by atoms with E-state index in [1.165, 1.54) is 18.3 Å². The van der Waals surface area contributed by atoms with Gasteiger partial charge in [-0.2, -0.15) is 0 Å². The fourth-order valence-electron chi connectivity index (χ4n) is 2.71. The summed E-state index contributed by atoms with van der Waals surface area (Å²) >= 11 is 1.36. The molecule has 1 aromatic heterocycles. The Hall–Kier alpha value is -2.80. The molecular weight excluding hydrogens is 354 g/mol. The summed E-state index contributed by atoms with van der Waals surface area (Å²) in [6.45, 7) is 2.98. The first kappa shape index (κ1) is 18.0. The number of esters is 1. The van der Waals surface area contributed by atoms with Crippen LogP contribution in [0.4, 0.5) is 0 Å². The molecule has 1 aliphatic heterocycles. The first-order valence-electron chi connectivity index (χ1n) is 8.19. The lowest BCUT2D eigenvalue weighted by Gasteiger charge is -2.20. The van der Waals surface area contributed by atoms with E-state index in [0.717, 1.165) is 16.2 Å². The number of carbonyl (C=O) groups excluding carboxylic acids is 4. The average Bonchev–Trinajstić information content (AvgIpc) is 3.23. The minimum absolute atomic E-state index is 0.263. The Kier molecular flexibility index (Phi) is 4.99. The molecule has 0 N–H and O–H groups in total. The molecule has 2 heterocycles. The lowest BCUT2D eigenvalue weighted by Crippen LogP contribution is -2.44. The number of rotatable bonds is 6. The van der Waals surface area contributed by atoms with Crippen LogP contribution in [0.2, 0.25) is 0 Å². The largest absolute Gasteiger partial charge is 0.456 e. The van der Waals surface area contributed by atoms with Crippen LogP contribution in [0.15, 0.2) is 36.4 Å². The minimum atomic E-state index is -1.11. The molecule has 0 saturated carbocycles. The number of ether oxygens (including phenoxy) is 1. The molecule has 26 heavy (non-hydrogen) atoms. The maximum Gasteiger partial charge on any atom is 0.329 e. The number of ketones is 1. The van der Waals surface area contributed by atoms with Crippen LogP contribution >= 0.6 is 11.3 Å². The lowest BCUT2D eigenvalue weighted by molar-refractivity contribution is -0.146. The van der Waals surface area contributed by atoms with Crippen LogP contribution < -0.4 is 0 Å². The summed E-state index contributed by atoms with van der Waals surface area (Å²) in [5, 5.41) is 0. The summed E-state index contributed by atoms with van der Waals surface area (Å²) in [6, 6.07) is 8.85. The quantitative estimate of drug-likeness (QED) is 0.443. The van der Waals surface area contributed by atoms with E-state index in [-0.39, 0.29) is 16.9 Å². The van der Waals surface area contributed by atoms with Crippen molar-refractivity contribution in [1.29, 1.82) is 0 Å². The molecule has 0 bridgehead atoms. The van der Waals surface area contributed by atoms with Gasteiger partial charge in [-0.25, -0.2) is 4.79 Å². The Morgan fingerprint density at radius 2 is 1.69 bits per heavy atom. The zero-order chi connectivity index (χ0) is 18.8. The average molecular weight is 371 g/mol. The molecule has 1 aromatic carbocycles. The molecule has 134 valence electrons. The molecule has 0 fully saturated rings. The van der Waals surface area contributed by atoms with Gasteiger partial charge in [-0.1, -0.05) is 19.1 Å². The zero-order valence-electron chi connectivity index (χ0n) is 14.4. The number of amides is 2. The first-order chi connectivity index (χ1) is 12.4. The number of thiophene rings is 1. The van der Waals surface area contributed by atoms with Crippen molar-refractivity contribution in [3.05, 3.63) is 57.3 Å². The monoisotopic (exact) mass is 371 g/mol. The van der Waals surface area contributed by atoms with E-state index in [0.29, 0.717) is 4.88 Å². The van der Waals surface area contributed by atoms with Crippen LogP contribution in [0.5, 0.6) is 0 Å². The molecule has 7 heteroatoms. The van der Waals surface area contributed by atoms with E-state index in [1.807, 2.05) is 13.0 Å². The van der Waals surface area contributed by atoms with Crippen molar-refractivity contribution in [2.75, 3.05) is 6.61 Å². The van der Waals surface area contributed by atoms with E-state index in [1.54, 1.807) is 30.3 Å². The number of imide groups is 1. The van der Waals surface area contributed by atoms with Crippen molar-refractivity contribution < 1.29 is 23.9 Å². The van der Waals surface area contributed by atoms with Gasteiger partial charge in [0.05, 0.1) is 16.0 Å². The maximum absolute atomic E-state index is 12.4. The van der Waals surface area contributed by atoms with Gasteiger partial charge in [0.25, 0.3) is 11.8 Å². The summed E-state index contributed by atoms with van der Waals surface area (Å²) in [5.74, 6) is -2.17. The summed E-state index contributed by atoms with van der Waals surface area (Å²) in [7, 11) is 0. The molecule has 0 saturated heterocycles. The molecule has 2 amide bonds. The van der Waals surface area contributed by atoms with Crippen molar-refractivity contribution >= 4 is 34.9 Å². The molecule has 6 nitrogen and oxygen atoms in total. The molecule has 0 radical (unpaired) electrons. The maximum atomic E-state index is 12.4. The second-order valence-electron chi connectivity index (χ2n) is 5.85. The van der Waals surface area contributed by atoms with Crippen molar-refractivity contribution in [2.45, 2.75) is 26.3 Å². The van der Waals surface area contributed by atoms with Crippen LogP contribution in [0.25, 0.3) is 0 Å². The third kappa shape index (κ3) is 3.17. The Labute approximate surface area is 154 Å². The molecule has 2 aromatic rings. The summed E-state index contributed by atoms with van der Waals surface area (Å²) in [5.41, 5.74) is 0.526. The van der Waals surface area contributed by atoms with E-state index >= 15 is 0 Å². The van der Waals surface area contributed by atoms with Gasteiger partial charge in [0.2, 0.25) is 5.78 Å². The standard InChI is InChI=1S/C19H17NO5S/c1-3-12-8-9-16(26-12)15(21)10-25-19(24)11(2)20-17(22)13-6-4-5-7-14(13)18(20)23/h4-9,11H,3,10H2,1-2H3/t11-/m1/s1. The molecule has 3 rings (SSSR count). The predicted molar refractivity (Wildman–Crippen MR) is 95.4 cm³/mol. The van der Waals surface area contributed by atoms with Crippen molar-refractivity contribution in [3.63, 3.8) is 0 Å². The van der Waals surface area contributed by atoms with Crippen molar-refractivity contribution in [2.24, 2.45) is 0 Å². The highest BCUT2D eigenvalue weighted by Gasteiger charge is 2.41. The van der Waals surface area contributed by atoms with Gasteiger partial charge in [0, 0.05) is 4.88 Å². The van der Waals surface area contributed by atoms with Gasteiger partial charge < -0.3 is 4.74 Å². The van der Waals surface area contributed by atoms with Gasteiger partial charge in [0.1, 0.15) is 6.04 Å². The first-order valence-corrected chi connectivity index (χ1v) is 9.01. The van der Waals surface area contributed by atoms with E-state index in [4.69, 9.17) is 4.74 Å². The summed E-state index contributed by atoms with van der Waals surface area (Å²) in [6.07, 6.45) is 0.828. The molecule has 0 aliphatic carbocycles. The number of nitrogens with zero attached hydrogens (tertiary/aromatic N) is 1. The lowest BCUT2D eigenvalue weighted by atomic mass is 10.1. The van der Waals surface area contributed by atoms with Crippen LogP contribution in [0.1, 0.15) is 49.1 Å². The number of carbonyl (C=O) groups is 4. The number of benzene rings is 1. The molecule has 0 unspecified atom stereocenters. The van der Waals surface area contributed by atoms with Gasteiger partial charge in [-0.15, -0.1) is 11.3 Å². The van der Waals surface area contributed by atoms with Crippen LogP contribution in [-0.2, 0) is 16.0 Å². The molecule has 1 atom stereocenters. The Morgan fingerprint density at radius 3 is 2.23 bits per heavy atom. The Balaban J connectivity index is 1.64. The third-order valence-electron chi connectivity index (χ3n) is 4.18. The number of Topliss-reactive ketones (excluding diaryl/α,β-unsaturated/α-hetero) is 1. The van der Waals surface area contributed by atoms with Gasteiger partial charge >= 0.3 is 5.97 Å². The van der Waals surface area contributed by atoms with E-state index in [2.05, 4.69) is 0 Å². The van der Waals surface area contributed by atoms with Gasteiger partial charge in [0.15, 0.2) is 6.61 Å². The molecular formula is C19H17NO5S. The van der Waals surface area contributed by atoms with Crippen LogP contribution in [-0.4, -0.2) is 41.1 Å². The Bertz CT molecular complexity index is 866. The highest BCUT2D eigenvalue weighted by atomic mass is 32.1. The van der Waals surface area contributed by atoms with Crippen molar-refractivity contribution in [3.8, 4) is 0 Å². The molecule has 1 aliphatic rings. The predicted octanol–water partition coefficient (Wildman–Crippen LogP) is 2.72. The number of hydrogen-bond donors (Lipinski definition) is 0. The summed E-state index contributed by atoms with van der Waals surface area (Å²) < 4.78 is 5.04. The molecule has 0 spiro atoms. The SMILES string of the molecule is CCc1ccc(C(=O)COC(=O)[C@@H](C)N2C(=O)c3ccccc3C2=O)s1. The fraction of sp³-hybridized carbons (Fsp3) is 0.263. The van der Waals surface area contributed by atoms with Crippen LogP contribution in [0, 0.1) is 0 Å². The number of hydrogen-bond acceptors (Lipinski definition) is 6. The van der Waals surface area contributed by atoms with Gasteiger partial charge in [-0.05, 0) is 37.6 Å². The topological polar surface area (TPSA) is 80.8 Å². The number of fused-ring (bicyclic) bond motifs is 1. The van der Waals surface area contributed by atoms with Gasteiger partial charge in [-0.3, -0.25) is 19.3 Å². The smallest absolute Gasteiger partial charge is 0.329 e. The van der Waals surface area contributed by atoms with Crippen LogP contribution in [0.3, 0.4) is 0 Å². The van der Waals surface area contributed by atoms with E-state index < -0.39 is 30.4 Å². The second-order valence-corrected chi connectivity index (χ2v) is 7.02. The minimum Gasteiger partial charge on any atom is -0.456 e. The second kappa shape index (κ2) is 7.21. The highest BCUT2D eigenvalue weighted by molar-refractivity contribution is 7.14. The number of aryl methyl sites for hydroxylation is 1.